The third-order valence-corrected chi connectivity index (χ3v) is 1.19. The normalized spacial score (nSPS) is 9.62. The molecule has 0 unspecified atom stereocenters. The number of halogens is 1. The van der Waals surface area contributed by atoms with Crippen molar-refractivity contribution in [2.75, 3.05) is 11.5 Å². The maximum atomic E-state index is 5.45. The quantitative estimate of drug-likeness (QED) is 0.556. The van der Waals surface area contributed by atoms with E-state index in [2.05, 4.69) is 4.42 Å². The van der Waals surface area contributed by atoms with Crippen molar-refractivity contribution in [3.63, 3.8) is 0 Å². The number of nitrogens with two attached hydrogens (primary N) is 2. The van der Waals surface area contributed by atoms with Crippen LogP contribution in [0, 0.1) is 0 Å². The van der Waals surface area contributed by atoms with E-state index in [1.807, 2.05) is 0 Å². The fourth-order valence-corrected chi connectivity index (χ4v) is 0.462. The molecular formula is C4H5ClN2O. The minimum Gasteiger partial charge on any atom is -0.445 e. The number of rotatable bonds is 0. The molecule has 0 atom stereocenters. The second kappa shape index (κ2) is 1.59. The highest BCUT2D eigenvalue weighted by atomic mass is 35.5. The highest BCUT2D eigenvalue weighted by Crippen LogP contribution is 2.26. The maximum Gasteiger partial charge on any atom is 0.211 e. The monoisotopic (exact) mass is 132 g/mol. The molecule has 0 saturated heterocycles. The molecule has 8 heavy (non-hydrogen) atoms. The summed E-state index contributed by atoms with van der Waals surface area (Å²) < 4.78 is 4.62. The number of anilines is 2. The smallest absolute Gasteiger partial charge is 0.211 e. The zero-order valence-corrected chi connectivity index (χ0v) is 4.77. The Morgan fingerprint density at radius 3 is 2.25 bits per heavy atom. The van der Waals surface area contributed by atoms with Crippen molar-refractivity contribution >= 4 is 23.2 Å². The van der Waals surface area contributed by atoms with Crippen LogP contribution >= 0.6 is 11.6 Å². The first kappa shape index (κ1) is 5.31. The van der Waals surface area contributed by atoms with Crippen LogP contribution < -0.4 is 11.5 Å². The number of hydrogen-bond donors (Lipinski definition) is 2. The van der Waals surface area contributed by atoms with Gasteiger partial charge in [-0.2, -0.15) is 0 Å². The average Bonchev–Trinajstić information content (AvgIpc) is 1.98. The van der Waals surface area contributed by atoms with Crippen molar-refractivity contribution in [1.82, 2.24) is 0 Å². The molecule has 0 aliphatic rings. The van der Waals surface area contributed by atoms with Crippen molar-refractivity contribution in [3.05, 3.63) is 11.3 Å². The van der Waals surface area contributed by atoms with Gasteiger partial charge in [0.2, 0.25) is 5.88 Å². The van der Waals surface area contributed by atoms with Crippen LogP contribution in [0.5, 0.6) is 0 Å². The summed E-state index contributed by atoms with van der Waals surface area (Å²) in [6, 6.07) is 0. The molecule has 0 amide bonds. The molecule has 4 heteroatoms. The Labute approximate surface area is 51.2 Å². The molecule has 1 heterocycles. The summed E-state index contributed by atoms with van der Waals surface area (Å²) in [6.45, 7) is 0. The Morgan fingerprint density at radius 2 is 2.12 bits per heavy atom. The summed E-state index contributed by atoms with van der Waals surface area (Å²) in [7, 11) is 0. The van der Waals surface area contributed by atoms with E-state index >= 15 is 0 Å². The SMILES string of the molecule is Nc1coc(N)c1Cl. The highest BCUT2D eigenvalue weighted by Gasteiger charge is 2.02. The van der Waals surface area contributed by atoms with Gasteiger partial charge in [-0.3, -0.25) is 0 Å². The topological polar surface area (TPSA) is 65.2 Å². The highest BCUT2D eigenvalue weighted by molar-refractivity contribution is 6.35. The summed E-state index contributed by atoms with van der Waals surface area (Å²) in [5.41, 5.74) is 10.8. The van der Waals surface area contributed by atoms with E-state index < -0.39 is 0 Å². The average molecular weight is 133 g/mol. The molecule has 0 saturated carbocycles. The van der Waals surface area contributed by atoms with Gasteiger partial charge < -0.3 is 15.9 Å². The molecule has 0 fully saturated rings. The van der Waals surface area contributed by atoms with Crippen LogP contribution in [-0.4, -0.2) is 0 Å². The first-order valence-electron chi connectivity index (χ1n) is 1.99. The Balaban J connectivity index is 3.19. The third-order valence-electron chi connectivity index (χ3n) is 0.783. The predicted molar refractivity (Wildman–Crippen MR) is 32.5 cm³/mol. The molecule has 1 aromatic heterocycles. The molecule has 0 aliphatic carbocycles. The number of nitrogen functional groups attached to an aromatic ring is 2. The standard InChI is InChI=1S/C4H5ClN2O/c5-3-2(6)1-8-4(3)7/h1H,6-7H2. The minimum atomic E-state index is 0.171. The lowest BCUT2D eigenvalue weighted by atomic mass is 10.5. The molecule has 44 valence electrons. The molecule has 0 aromatic carbocycles. The molecular weight excluding hydrogens is 128 g/mol. The van der Waals surface area contributed by atoms with Gasteiger partial charge in [-0.25, -0.2) is 0 Å². The summed E-state index contributed by atoms with van der Waals surface area (Å²) in [5.74, 6) is 0.171. The van der Waals surface area contributed by atoms with Crippen LogP contribution in [0.3, 0.4) is 0 Å². The molecule has 1 aromatic rings. The van der Waals surface area contributed by atoms with Gasteiger partial charge in [-0.05, 0) is 0 Å². The Kier molecular flexibility index (Phi) is 1.06. The Hall–Kier alpha value is -0.830. The molecule has 0 spiro atoms. The van der Waals surface area contributed by atoms with Crippen molar-refractivity contribution in [2.24, 2.45) is 0 Å². The second-order valence-electron chi connectivity index (χ2n) is 1.37. The van der Waals surface area contributed by atoms with Gasteiger partial charge in [-0.15, -0.1) is 0 Å². The largest absolute Gasteiger partial charge is 0.445 e. The van der Waals surface area contributed by atoms with Gasteiger partial charge >= 0.3 is 0 Å². The van der Waals surface area contributed by atoms with E-state index in [0.717, 1.165) is 0 Å². The lowest BCUT2D eigenvalue weighted by molar-refractivity contribution is 0.589. The molecule has 0 aliphatic heterocycles. The zero-order valence-electron chi connectivity index (χ0n) is 4.02. The van der Waals surface area contributed by atoms with Gasteiger partial charge in [-0.1, -0.05) is 11.6 Å². The van der Waals surface area contributed by atoms with Crippen LogP contribution in [0.15, 0.2) is 10.7 Å². The summed E-state index contributed by atoms with van der Waals surface area (Å²) in [5, 5.41) is 0.296. The lowest BCUT2D eigenvalue weighted by Gasteiger charge is -1.81. The van der Waals surface area contributed by atoms with E-state index in [1.165, 1.54) is 6.26 Å². The first-order valence-corrected chi connectivity index (χ1v) is 2.37. The molecule has 0 radical (unpaired) electrons. The summed E-state index contributed by atoms with van der Waals surface area (Å²) in [6.07, 6.45) is 1.30. The number of furan rings is 1. The van der Waals surface area contributed by atoms with Gasteiger partial charge in [0.05, 0.1) is 5.69 Å². The van der Waals surface area contributed by atoms with Crippen molar-refractivity contribution < 1.29 is 4.42 Å². The van der Waals surface area contributed by atoms with Crippen LogP contribution in [-0.2, 0) is 0 Å². The van der Waals surface area contributed by atoms with Crippen LogP contribution in [0.2, 0.25) is 5.02 Å². The third kappa shape index (κ3) is 0.607. The molecule has 4 N–H and O–H groups in total. The van der Waals surface area contributed by atoms with E-state index in [0.29, 0.717) is 10.7 Å². The van der Waals surface area contributed by atoms with Crippen LogP contribution in [0.1, 0.15) is 0 Å². The van der Waals surface area contributed by atoms with Crippen molar-refractivity contribution in [2.45, 2.75) is 0 Å². The fraction of sp³-hybridized carbons (Fsp3) is 0. The molecule has 3 nitrogen and oxygen atoms in total. The van der Waals surface area contributed by atoms with E-state index in [-0.39, 0.29) is 5.88 Å². The van der Waals surface area contributed by atoms with Gasteiger partial charge in [0.15, 0.2) is 0 Å². The first-order chi connectivity index (χ1) is 3.72. The van der Waals surface area contributed by atoms with Gasteiger partial charge in [0.25, 0.3) is 0 Å². The van der Waals surface area contributed by atoms with Crippen LogP contribution in [0.4, 0.5) is 11.6 Å². The number of hydrogen-bond acceptors (Lipinski definition) is 3. The lowest BCUT2D eigenvalue weighted by Crippen LogP contribution is -1.82. The van der Waals surface area contributed by atoms with Crippen molar-refractivity contribution in [1.29, 1.82) is 0 Å². The minimum absolute atomic E-state index is 0.171. The van der Waals surface area contributed by atoms with Gasteiger partial charge in [0.1, 0.15) is 11.3 Å². The fourth-order valence-electron chi connectivity index (χ4n) is 0.373. The van der Waals surface area contributed by atoms with E-state index in [9.17, 15) is 0 Å². The predicted octanol–water partition coefficient (Wildman–Crippen LogP) is 1.10. The van der Waals surface area contributed by atoms with E-state index in [4.69, 9.17) is 23.1 Å². The molecule has 0 bridgehead atoms. The Morgan fingerprint density at radius 1 is 1.50 bits per heavy atom. The summed E-state index contributed by atoms with van der Waals surface area (Å²) >= 11 is 5.45. The molecule has 1 rings (SSSR count). The maximum absolute atomic E-state index is 5.45. The zero-order chi connectivity index (χ0) is 6.15. The summed E-state index contributed by atoms with van der Waals surface area (Å²) in [4.78, 5) is 0. The Bertz CT molecular complexity index is 176. The van der Waals surface area contributed by atoms with Crippen molar-refractivity contribution in [3.8, 4) is 0 Å². The van der Waals surface area contributed by atoms with E-state index in [1.54, 1.807) is 0 Å². The van der Waals surface area contributed by atoms with Gasteiger partial charge in [0, 0.05) is 0 Å². The van der Waals surface area contributed by atoms with Crippen LogP contribution in [0.25, 0.3) is 0 Å². The second-order valence-corrected chi connectivity index (χ2v) is 1.75.